The summed E-state index contributed by atoms with van der Waals surface area (Å²) in [6.45, 7) is -0.913. The molecule has 0 aliphatic rings. The van der Waals surface area contributed by atoms with Gasteiger partial charge < -0.3 is 4.74 Å². The third-order valence-electron chi connectivity index (χ3n) is 3.74. The Morgan fingerprint density at radius 2 is 2.00 bits per heavy atom. The van der Waals surface area contributed by atoms with E-state index in [-0.39, 0.29) is 22.9 Å². The number of ether oxygens (including phenoxy) is 1. The third-order valence-corrected chi connectivity index (χ3v) is 5.21. The fourth-order valence-corrected chi connectivity index (χ4v) is 3.66. The van der Waals surface area contributed by atoms with Gasteiger partial charge in [-0.15, -0.1) is 0 Å². The number of hydrogen-bond donors (Lipinski definition) is 1. The topological polar surface area (TPSA) is 91.0 Å². The molecule has 0 saturated heterocycles. The van der Waals surface area contributed by atoms with Gasteiger partial charge in [-0.05, 0) is 25.1 Å². The first kappa shape index (κ1) is 18.8. The minimum atomic E-state index is -4.11. The number of aromatic nitrogens is 4. The zero-order valence-corrected chi connectivity index (χ0v) is 15.1. The zero-order valence-electron chi connectivity index (χ0n) is 14.3. The molecule has 144 valence electrons. The molecular formula is C16H17F2N5O3S. The number of rotatable bonds is 8. The average Bonchev–Trinajstić information content (AvgIpc) is 3.26. The summed E-state index contributed by atoms with van der Waals surface area (Å²) in [5, 5.41) is 7.48. The van der Waals surface area contributed by atoms with Crippen LogP contribution in [0.1, 0.15) is 12.2 Å². The molecular weight excluding hydrogens is 380 g/mol. The summed E-state index contributed by atoms with van der Waals surface area (Å²) in [7, 11) is -4.11. The molecule has 27 heavy (non-hydrogen) atoms. The van der Waals surface area contributed by atoms with E-state index >= 15 is 0 Å². The van der Waals surface area contributed by atoms with Crippen LogP contribution in [-0.2, 0) is 16.6 Å². The van der Waals surface area contributed by atoms with E-state index in [4.69, 9.17) is 4.74 Å². The van der Waals surface area contributed by atoms with Crippen LogP contribution >= 0.6 is 0 Å². The number of hydrogen-bond acceptors (Lipinski definition) is 5. The molecule has 0 amide bonds. The summed E-state index contributed by atoms with van der Waals surface area (Å²) in [5.41, 5.74) is 0.0387. The molecule has 0 spiro atoms. The number of nitrogens with zero attached hydrogens (tertiary/aromatic N) is 4. The van der Waals surface area contributed by atoms with E-state index in [1.165, 1.54) is 13.0 Å². The molecule has 11 heteroatoms. The van der Waals surface area contributed by atoms with Crippen LogP contribution in [0.25, 0.3) is 0 Å². The van der Waals surface area contributed by atoms with E-state index in [9.17, 15) is 17.2 Å². The number of halogens is 2. The molecule has 1 N–H and O–H groups in total. The van der Waals surface area contributed by atoms with E-state index in [0.29, 0.717) is 17.0 Å². The second-order valence-corrected chi connectivity index (χ2v) is 7.19. The van der Waals surface area contributed by atoms with Gasteiger partial charge in [0.05, 0.1) is 24.1 Å². The van der Waals surface area contributed by atoms with Gasteiger partial charge in [0, 0.05) is 12.4 Å². The summed E-state index contributed by atoms with van der Waals surface area (Å²) >= 11 is 0. The molecule has 2 aromatic heterocycles. The summed E-state index contributed by atoms with van der Waals surface area (Å²) < 4.78 is 60.9. The standard InChI is InChI=1S/C16H17F2N5O3S/c1-12-15(11-20-23(12)16(17)18)27(24,25)21-13-5-2-3-6-14(13)26-10-9-22-8-4-7-19-22/h2-8,11,16,21H,9-10H2,1H3. The number of sulfonamides is 1. The Hall–Kier alpha value is -2.95. The van der Waals surface area contributed by atoms with Gasteiger partial charge in [0.1, 0.15) is 17.3 Å². The van der Waals surface area contributed by atoms with Gasteiger partial charge in [0.2, 0.25) is 0 Å². The van der Waals surface area contributed by atoms with Gasteiger partial charge in [0.25, 0.3) is 10.0 Å². The highest BCUT2D eigenvalue weighted by Gasteiger charge is 2.24. The first-order valence-corrected chi connectivity index (χ1v) is 9.41. The van der Waals surface area contributed by atoms with Gasteiger partial charge in [-0.1, -0.05) is 12.1 Å². The Balaban J connectivity index is 1.76. The van der Waals surface area contributed by atoms with Crippen molar-refractivity contribution in [1.29, 1.82) is 0 Å². The fourth-order valence-electron chi connectivity index (χ4n) is 2.43. The molecule has 2 heterocycles. The highest BCUT2D eigenvalue weighted by molar-refractivity contribution is 7.92. The van der Waals surface area contributed by atoms with E-state index in [1.807, 2.05) is 0 Å². The van der Waals surface area contributed by atoms with Crippen molar-refractivity contribution in [2.45, 2.75) is 24.9 Å². The maximum Gasteiger partial charge on any atom is 0.333 e. The summed E-state index contributed by atoms with van der Waals surface area (Å²) in [5.74, 6) is 0.312. The maximum absolute atomic E-state index is 12.8. The van der Waals surface area contributed by atoms with Crippen molar-refractivity contribution in [2.75, 3.05) is 11.3 Å². The number of benzene rings is 1. The SMILES string of the molecule is Cc1c(S(=O)(=O)Nc2ccccc2OCCn2cccn2)cnn1C(F)F. The van der Waals surface area contributed by atoms with Gasteiger partial charge in [-0.2, -0.15) is 19.0 Å². The first-order valence-electron chi connectivity index (χ1n) is 7.93. The Kier molecular flexibility index (Phi) is 5.40. The van der Waals surface area contributed by atoms with E-state index < -0.39 is 16.6 Å². The van der Waals surface area contributed by atoms with Gasteiger partial charge in [-0.25, -0.2) is 13.1 Å². The minimum absolute atomic E-state index is 0.158. The van der Waals surface area contributed by atoms with Crippen molar-refractivity contribution in [3.8, 4) is 5.75 Å². The van der Waals surface area contributed by atoms with Gasteiger partial charge >= 0.3 is 6.55 Å². The summed E-state index contributed by atoms with van der Waals surface area (Å²) in [4.78, 5) is -0.325. The second kappa shape index (κ2) is 7.74. The van der Waals surface area contributed by atoms with Gasteiger partial charge in [-0.3, -0.25) is 9.40 Å². The van der Waals surface area contributed by atoms with E-state index in [1.54, 1.807) is 41.3 Å². The van der Waals surface area contributed by atoms with Crippen molar-refractivity contribution in [3.63, 3.8) is 0 Å². The molecule has 3 aromatic rings. The molecule has 3 rings (SSSR count). The Bertz CT molecular complexity index is 1000. The predicted octanol–water partition coefficient (Wildman–Crippen LogP) is 2.66. The fraction of sp³-hybridized carbons (Fsp3) is 0.250. The van der Waals surface area contributed by atoms with Crippen LogP contribution in [-0.4, -0.2) is 34.6 Å². The number of nitrogens with one attached hydrogen (secondary N) is 1. The molecule has 0 radical (unpaired) electrons. The van der Waals surface area contributed by atoms with Crippen LogP contribution in [0.3, 0.4) is 0 Å². The third kappa shape index (κ3) is 4.25. The molecule has 0 atom stereocenters. The Labute approximate surface area is 154 Å². The van der Waals surface area contributed by atoms with Crippen molar-refractivity contribution >= 4 is 15.7 Å². The van der Waals surface area contributed by atoms with E-state index in [2.05, 4.69) is 14.9 Å². The van der Waals surface area contributed by atoms with Crippen molar-refractivity contribution in [1.82, 2.24) is 19.6 Å². The monoisotopic (exact) mass is 397 g/mol. The molecule has 0 unspecified atom stereocenters. The van der Waals surface area contributed by atoms with E-state index in [0.717, 1.165) is 6.20 Å². The van der Waals surface area contributed by atoms with Crippen molar-refractivity contribution in [2.24, 2.45) is 0 Å². The van der Waals surface area contributed by atoms with Crippen LogP contribution in [0.5, 0.6) is 5.75 Å². The molecule has 1 aromatic carbocycles. The minimum Gasteiger partial charge on any atom is -0.489 e. The summed E-state index contributed by atoms with van der Waals surface area (Å²) in [6.07, 6.45) is 4.32. The van der Waals surface area contributed by atoms with Crippen LogP contribution in [0, 0.1) is 6.92 Å². The first-order chi connectivity index (χ1) is 12.9. The normalized spacial score (nSPS) is 11.7. The molecule has 0 fully saturated rings. The molecule has 8 nitrogen and oxygen atoms in total. The second-order valence-electron chi connectivity index (χ2n) is 5.54. The Morgan fingerprint density at radius 3 is 2.67 bits per heavy atom. The van der Waals surface area contributed by atoms with Crippen LogP contribution in [0.15, 0.2) is 53.8 Å². The highest BCUT2D eigenvalue weighted by atomic mass is 32.2. The average molecular weight is 397 g/mol. The summed E-state index contributed by atoms with van der Waals surface area (Å²) in [6, 6.07) is 8.24. The van der Waals surface area contributed by atoms with Crippen LogP contribution in [0.4, 0.5) is 14.5 Å². The lowest BCUT2D eigenvalue weighted by Gasteiger charge is -2.13. The number of para-hydroxylation sites is 2. The molecule has 0 bridgehead atoms. The smallest absolute Gasteiger partial charge is 0.333 e. The predicted molar refractivity (Wildman–Crippen MR) is 93.2 cm³/mol. The number of anilines is 1. The van der Waals surface area contributed by atoms with Gasteiger partial charge in [0.15, 0.2) is 0 Å². The lowest BCUT2D eigenvalue weighted by atomic mass is 10.3. The molecule has 0 aliphatic heterocycles. The van der Waals surface area contributed by atoms with Crippen LogP contribution < -0.4 is 9.46 Å². The maximum atomic E-state index is 12.8. The Morgan fingerprint density at radius 1 is 1.22 bits per heavy atom. The van der Waals surface area contributed by atoms with Crippen molar-refractivity contribution < 1.29 is 21.9 Å². The highest BCUT2D eigenvalue weighted by Crippen LogP contribution is 2.28. The molecule has 0 saturated carbocycles. The quantitative estimate of drug-likeness (QED) is 0.631. The van der Waals surface area contributed by atoms with Crippen LogP contribution in [0.2, 0.25) is 0 Å². The largest absolute Gasteiger partial charge is 0.489 e. The number of alkyl halides is 2. The zero-order chi connectivity index (χ0) is 19.4. The lowest BCUT2D eigenvalue weighted by molar-refractivity contribution is 0.0541. The lowest BCUT2D eigenvalue weighted by Crippen LogP contribution is -2.16. The van der Waals surface area contributed by atoms with Crippen molar-refractivity contribution in [3.05, 3.63) is 54.6 Å². The molecule has 0 aliphatic carbocycles.